The van der Waals surface area contributed by atoms with Gasteiger partial charge in [-0.15, -0.1) is 0 Å². The summed E-state index contributed by atoms with van der Waals surface area (Å²) in [5.41, 5.74) is 2.73. The molecule has 43 heavy (non-hydrogen) atoms. The van der Waals surface area contributed by atoms with Gasteiger partial charge in [-0.2, -0.15) is 18.6 Å². The summed E-state index contributed by atoms with van der Waals surface area (Å²) in [5, 5.41) is 8.10. The molecular weight excluding hydrogens is 600 g/mol. The first kappa shape index (κ1) is 29.3. The highest BCUT2D eigenvalue weighted by molar-refractivity contribution is 7.97. The average molecular weight is 630 g/mol. The molecule has 0 spiro atoms. The largest absolute Gasteiger partial charge is 0.377 e. The third-order valence-corrected chi connectivity index (χ3v) is 8.82. The normalized spacial score (nSPS) is 20.0. The van der Waals surface area contributed by atoms with Crippen LogP contribution in [0.3, 0.4) is 0 Å². The number of aryl methyl sites for hydroxylation is 2. The monoisotopic (exact) mass is 629 g/mol. The van der Waals surface area contributed by atoms with E-state index in [0.717, 1.165) is 23.1 Å². The first-order chi connectivity index (χ1) is 20.5. The second-order valence-corrected chi connectivity index (χ2v) is 12.1. The molecule has 1 saturated carbocycles. The Morgan fingerprint density at radius 3 is 2.51 bits per heavy atom. The number of benzene rings is 1. The molecule has 1 aliphatic heterocycles. The summed E-state index contributed by atoms with van der Waals surface area (Å²) in [6.45, 7) is 3.88. The Hall–Kier alpha value is -3.78. The smallest absolute Gasteiger partial charge is 0.334 e. The van der Waals surface area contributed by atoms with Crippen LogP contribution in [0.5, 0.6) is 0 Å². The van der Waals surface area contributed by atoms with Crippen LogP contribution in [0.15, 0.2) is 29.1 Å². The van der Waals surface area contributed by atoms with Gasteiger partial charge in [0.05, 0.1) is 22.6 Å². The van der Waals surface area contributed by atoms with E-state index >= 15 is 0 Å². The third-order valence-electron chi connectivity index (χ3n) is 8.22. The predicted molar refractivity (Wildman–Crippen MR) is 162 cm³/mol. The number of nitrogens with one attached hydrogen (secondary N) is 2. The Bertz CT molecular complexity index is 1800. The van der Waals surface area contributed by atoms with Crippen LogP contribution in [0.25, 0.3) is 10.9 Å². The average Bonchev–Trinajstić information content (AvgIpc) is 3.25. The fourth-order valence-electron chi connectivity index (χ4n) is 6.15. The maximum Gasteiger partial charge on any atom is 0.334 e. The van der Waals surface area contributed by atoms with E-state index in [1.54, 1.807) is 30.0 Å². The van der Waals surface area contributed by atoms with Gasteiger partial charge >= 0.3 is 6.55 Å². The van der Waals surface area contributed by atoms with Gasteiger partial charge in [0.25, 0.3) is 11.5 Å². The van der Waals surface area contributed by atoms with Gasteiger partial charge in [-0.25, -0.2) is 15.0 Å². The van der Waals surface area contributed by atoms with E-state index in [0.29, 0.717) is 46.1 Å². The van der Waals surface area contributed by atoms with Crippen molar-refractivity contribution in [3.63, 3.8) is 0 Å². The van der Waals surface area contributed by atoms with Crippen molar-refractivity contribution in [1.82, 2.24) is 34.0 Å². The van der Waals surface area contributed by atoms with E-state index < -0.39 is 6.55 Å². The summed E-state index contributed by atoms with van der Waals surface area (Å²) in [4.78, 5) is 41.9. The fourth-order valence-corrected chi connectivity index (χ4v) is 6.58. The second kappa shape index (κ2) is 11.1. The molecule has 4 aromatic rings. The molecular formula is C28H30ClF2N9O2S. The van der Waals surface area contributed by atoms with E-state index in [4.69, 9.17) is 16.6 Å². The minimum atomic E-state index is -2.72. The zero-order valence-electron chi connectivity index (χ0n) is 24.1. The van der Waals surface area contributed by atoms with Crippen molar-refractivity contribution in [2.75, 3.05) is 29.6 Å². The highest BCUT2D eigenvalue weighted by Gasteiger charge is 2.59. The lowest BCUT2D eigenvalue weighted by molar-refractivity contribution is 0.0535. The molecule has 1 aliphatic carbocycles. The summed E-state index contributed by atoms with van der Waals surface area (Å²) >= 11 is 7.25. The van der Waals surface area contributed by atoms with Crippen LogP contribution in [0.1, 0.15) is 58.7 Å². The van der Waals surface area contributed by atoms with Crippen LogP contribution in [0, 0.1) is 25.7 Å². The lowest BCUT2D eigenvalue weighted by Gasteiger charge is -2.24. The SMILES string of the molecule is CSNC(=O)c1nc(Cl)ccc1NC(C)c1cc(C)cc2c(=O)n(C)c(N3CC4C(C3)C4c3nc(C)n(C(F)F)n3)nc12. The van der Waals surface area contributed by atoms with Crippen LogP contribution in [0.2, 0.25) is 5.15 Å². The number of pyridine rings is 1. The molecule has 3 aromatic heterocycles. The van der Waals surface area contributed by atoms with Gasteiger partial charge in [-0.1, -0.05) is 29.6 Å². The van der Waals surface area contributed by atoms with Crippen LogP contribution in [-0.4, -0.2) is 54.6 Å². The summed E-state index contributed by atoms with van der Waals surface area (Å²) in [7, 11) is 1.71. The van der Waals surface area contributed by atoms with Gasteiger partial charge in [0.15, 0.2) is 11.5 Å². The highest BCUT2D eigenvalue weighted by Crippen LogP contribution is 2.57. The molecule has 3 unspecified atom stereocenters. The predicted octanol–water partition coefficient (Wildman–Crippen LogP) is 4.62. The van der Waals surface area contributed by atoms with Crippen LogP contribution >= 0.6 is 23.5 Å². The van der Waals surface area contributed by atoms with E-state index in [2.05, 4.69) is 30.0 Å². The third kappa shape index (κ3) is 5.20. The summed E-state index contributed by atoms with van der Waals surface area (Å²) < 4.78 is 31.4. The van der Waals surface area contributed by atoms with E-state index in [9.17, 15) is 18.4 Å². The first-order valence-electron chi connectivity index (χ1n) is 13.7. The van der Waals surface area contributed by atoms with Gasteiger partial charge < -0.3 is 10.2 Å². The lowest BCUT2D eigenvalue weighted by atomic mass is 10.0. The molecule has 2 aliphatic rings. The van der Waals surface area contributed by atoms with Crippen molar-refractivity contribution in [3.05, 3.63) is 68.2 Å². The molecule has 0 radical (unpaired) electrons. The van der Waals surface area contributed by atoms with Gasteiger partial charge in [0.1, 0.15) is 11.0 Å². The molecule has 4 heterocycles. The van der Waals surface area contributed by atoms with Crippen molar-refractivity contribution < 1.29 is 13.6 Å². The molecule has 2 fully saturated rings. The zero-order valence-corrected chi connectivity index (χ0v) is 25.7. The first-order valence-corrected chi connectivity index (χ1v) is 15.3. The van der Waals surface area contributed by atoms with Crippen molar-refractivity contribution in [3.8, 4) is 0 Å². The number of fused-ring (bicyclic) bond motifs is 2. The van der Waals surface area contributed by atoms with Crippen LogP contribution in [-0.2, 0) is 7.05 Å². The van der Waals surface area contributed by atoms with Crippen LogP contribution in [0.4, 0.5) is 20.4 Å². The Kier molecular flexibility index (Phi) is 7.53. The number of nitrogens with zero attached hydrogens (tertiary/aromatic N) is 7. The second-order valence-electron chi connectivity index (χ2n) is 11.1. The standard InChI is InChI=1S/C28H30ClF2N9O2S/c1-12-8-15(13(2)32-19-6-7-20(29)34-23(19)25(41)37-43-5)22-16(9-12)26(42)38(4)28(35-22)39-10-17-18(11-39)21(17)24-33-14(3)40(36-24)27(30)31/h6-9,13,17-18,21,27,32H,10-11H2,1-5H3,(H,37,41). The van der Waals surface area contributed by atoms with E-state index in [-0.39, 0.29) is 51.9 Å². The number of anilines is 2. The molecule has 2 N–H and O–H groups in total. The molecule has 6 rings (SSSR count). The molecule has 0 bridgehead atoms. The molecule has 15 heteroatoms. The number of carbonyl (C=O) groups is 1. The molecule has 1 saturated heterocycles. The van der Waals surface area contributed by atoms with Gasteiger partial charge in [0.2, 0.25) is 5.95 Å². The number of piperidine rings is 1. The summed E-state index contributed by atoms with van der Waals surface area (Å²) in [6.07, 6.45) is 1.74. The fraction of sp³-hybridized carbons (Fsp3) is 0.429. The Labute approximate surface area is 255 Å². The number of carbonyl (C=O) groups excluding carboxylic acids is 1. The Balaban J connectivity index is 1.31. The molecule has 11 nitrogen and oxygen atoms in total. The zero-order chi connectivity index (χ0) is 30.7. The number of hydrogen-bond donors (Lipinski definition) is 2. The maximum atomic E-state index is 13.6. The Morgan fingerprint density at radius 2 is 1.86 bits per heavy atom. The Morgan fingerprint density at radius 1 is 1.14 bits per heavy atom. The quantitative estimate of drug-likeness (QED) is 0.212. The molecule has 1 aromatic carbocycles. The molecule has 3 atom stereocenters. The molecule has 226 valence electrons. The highest BCUT2D eigenvalue weighted by atomic mass is 35.5. The number of rotatable bonds is 8. The summed E-state index contributed by atoms with van der Waals surface area (Å²) in [6, 6.07) is 6.76. The number of amides is 1. The van der Waals surface area contributed by atoms with Crippen molar-refractivity contribution in [1.29, 1.82) is 0 Å². The topological polar surface area (TPSA) is 123 Å². The number of aromatic nitrogens is 6. The van der Waals surface area contributed by atoms with Crippen LogP contribution < -0.4 is 20.5 Å². The number of halogens is 3. The van der Waals surface area contributed by atoms with Gasteiger partial charge in [0, 0.05) is 37.9 Å². The van der Waals surface area contributed by atoms with Gasteiger partial charge in [-0.3, -0.25) is 18.9 Å². The van der Waals surface area contributed by atoms with Gasteiger partial charge in [-0.05, 0) is 56.4 Å². The van der Waals surface area contributed by atoms with Crippen molar-refractivity contribution >= 4 is 52.0 Å². The van der Waals surface area contributed by atoms with Crippen molar-refractivity contribution in [2.45, 2.75) is 39.3 Å². The van der Waals surface area contributed by atoms with E-state index in [1.807, 2.05) is 26.0 Å². The van der Waals surface area contributed by atoms with E-state index in [1.165, 1.54) is 6.92 Å². The lowest BCUT2D eigenvalue weighted by Crippen LogP contribution is -2.32. The summed E-state index contributed by atoms with van der Waals surface area (Å²) in [5.74, 6) is 1.21. The molecule has 1 amide bonds. The number of hydrogen-bond acceptors (Lipinski definition) is 9. The van der Waals surface area contributed by atoms with Crippen molar-refractivity contribution in [2.24, 2.45) is 18.9 Å². The maximum absolute atomic E-state index is 13.6. The minimum Gasteiger partial charge on any atom is -0.377 e. The minimum absolute atomic E-state index is 0.0142. The number of alkyl halides is 2.